The Morgan fingerprint density at radius 3 is 2.12 bits per heavy atom. The second-order valence-corrected chi connectivity index (χ2v) is 5.09. The normalized spacial score (nSPS) is 13.9. The summed E-state index contributed by atoms with van der Waals surface area (Å²) < 4.78 is 40.2. The zero-order valence-corrected chi connectivity index (χ0v) is 14.1. The van der Waals surface area contributed by atoms with Crippen LogP contribution in [0.4, 0.5) is 13.2 Å². The average molecular weight is 339 g/mol. The van der Waals surface area contributed by atoms with E-state index >= 15 is 0 Å². The number of aliphatic imine (C=N–C) groups is 1. The highest BCUT2D eigenvalue weighted by Gasteiger charge is 2.30. The van der Waals surface area contributed by atoms with E-state index < -0.39 is 6.36 Å². The monoisotopic (exact) mass is 339 g/mol. The van der Waals surface area contributed by atoms with Crippen LogP contribution in [0.3, 0.4) is 0 Å². The SMILES string of the molecule is C=C(N=C(C)/C(C)=N\N=C(/C)CC)c1ccc(OC(F)(F)F)cc1. The Morgan fingerprint density at radius 1 is 1.04 bits per heavy atom. The van der Waals surface area contributed by atoms with Crippen molar-refractivity contribution in [2.45, 2.75) is 40.5 Å². The van der Waals surface area contributed by atoms with E-state index in [1.165, 1.54) is 24.3 Å². The van der Waals surface area contributed by atoms with Crippen molar-refractivity contribution in [3.05, 3.63) is 36.4 Å². The highest BCUT2D eigenvalue weighted by atomic mass is 19.4. The molecule has 7 heteroatoms. The fourth-order valence-corrected chi connectivity index (χ4v) is 1.50. The lowest BCUT2D eigenvalue weighted by Gasteiger charge is -2.09. The zero-order chi connectivity index (χ0) is 18.3. The van der Waals surface area contributed by atoms with Gasteiger partial charge in [0.1, 0.15) is 5.75 Å². The van der Waals surface area contributed by atoms with Crippen molar-refractivity contribution in [1.29, 1.82) is 0 Å². The molecule has 0 radical (unpaired) electrons. The molecule has 1 aromatic rings. The van der Waals surface area contributed by atoms with E-state index in [2.05, 4.69) is 26.5 Å². The largest absolute Gasteiger partial charge is 0.573 e. The van der Waals surface area contributed by atoms with Crippen molar-refractivity contribution in [3.8, 4) is 5.75 Å². The number of alkyl halides is 3. The summed E-state index contributed by atoms with van der Waals surface area (Å²) in [5, 5.41) is 8.14. The lowest BCUT2D eigenvalue weighted by Crippen LogP contribution is -2.17. The smallest absolute Gasteiger partial charge is 0.406 e. The van der Waals surface area contributed by atoms with E-state index in [0.717, 1.165) is 12.1 Å². The van der Waals surface area contributed by atoms with Crippen molar-refractivity contribution < 1.29 is 17.9 Å². The van der Waals surface area contributed by atoms with Crippen LogP contribution < -0.4 is 4.74 Å². The predicted octanol–water partition coefficient (Wildman–Crippen LogP) is 5.26. The van der Waals surface area contributed by atoms with Crippen molar-refractivity contribution in [2.24, 2.45) is 15.2 Å². The molecule has 0 aliphatic heterocycles. The van der Waals surface area contributed by atoms with Gasteiger partial charge in [-0.25, -0.2) is 0 Å². The Labute approximate surface area is 139 Å². The highest BCUT2D eigenvalue weighted by molar-refractivity contribution is 6.41. The molecule has 0 aliphatic rings. The number of nitrogens with zero attached hydrogens (tertiary/aromatic N) is 3. The van der Waals surface area contributed by atoms with Crippen LogP contribution in [0.15, 0.2) is 46.0 Å². The van der Waals surface area contributed by atoms with Gasteiger partial charge in [0, 0.05) is 5.71 Å². The third kappa shape index (κ3) is 6.76. The number of ether oxygens (including phenoxy) is 1. The Kier molecular flexibility index (Phi) is 6.88. The number of hydrogen-bond donors (Lipinski definition) is 0. The Morgan fingerprint density at radius 2 is 1.62 bits per heavy atom. The van der Waals surface area contributed by atoms with Crippen LogP contribution in [0.5, 0.6) is 5.75 Å². The number of halogens is 3. The molecule has 1 rings (SSSR count). The molecule has 0 spiro atoms. The third-order valence-corrected chi connectivity index (χ3v) is 3.13. The summed E-state index contributed by atoms with van der Waals surface area (Å²) in [6, 6.07) is 5.36. The first-order valence-electron chi connectivity index (χ1n) is 7.31. The molecule has 0 atom stereocenters. The van der Waals surface area contributed by atoms with Gasteiger partial charge in [-0.2, -0.15) is 10.2 Å². The van der Waals surface area contributed by atoms with E-state index in [9.17, 15) is 13.2 Å². The summed E-state index contributed by atoms with van der Waals surface area (Å²) in [5.41, 5.74) is 3.17. The molecule has 0 N–H and O–H groups in total. The van der Waals surface area contributed by atoms with Crippen LogP contribution in [0, 0.1) is 0 Å². The topological polar surface area (TPSA) is 46.3 Å². The lowest BCUT2D eigenvalue weighted by atomic mass is 10.1. The van der Waals surface area contributed by atoms with Gasteiger partial charge in [-0.1, -0.05) is 13.5 Å². The van der Waals surface area contributed by atoms with Crippen LogP contribution in [-0.2, 0) is 0 Å². The molecule has 0 bridgehead atoms. The highest BCUT2D eigenvalue weighted by Crippen LogP contribution is 2.24. The molecule has 4 nitrogen and oxygen atoms in total. The molecule has 24 heavy (non-hydrogen) atoms. The molecule has 0 aliphatic carbocycles. The van der Waals surface area contributed by atoms with Crippen LogP contribution in [0.1, 0.15) is 39.7 Å². The molecule has 0 amide bonds. The van der Waals surface area contributed by atoms with Crippen molar-refractivity contribution >= 4 is 22.8 Å². The minimum absolute atomic E-state index is 0.290. The van der Waals surface area contributed by atoms with Gasteiger partial charge < -0.3 is 4.74 Å². The van der Waals surface area contributed by atoms with Crippen LogP contribution in [0.2, 0.25) is 0 Å². The van der Waals surface area contributed by atoms with E-state index in [0.29, 0.717) is 22.7 Å². The first-order valence-corrected chi connectivity index (χ1v) is 7.31. The summed E-state index contributed by atoms with van der Waals surface area (Å²) >= 11 is 0. The van der Waals surface area contributed by atoms with Crippen molar-refractivity contribution in [1.82, 2.24) is 0 Å². The van der Waals surface area contributed by atoms with Gasteiger partial charge in [0.25, 0.3) is 0 Å². The Hall–Kier alpha value is -2.44. The van der Waals surface area contributed by atoms with E-state index in [-0.39, 0.29) is 5.75 Å². The van der Waals surface area contributed by atoms with E-state index in [1.807, 2.05) is 13.8 Å². The molecule has 0 aromatic heterocycles. The van der Waals surface area contributed by atoms with Crippen molar-refractivity contribution in [2.75, 3.05) is 0 Å². The maximum Gasteiger partial charge on any atom is 0.573 e. The van der Waals surface area contributed by atoms with Crippen LogP contribution in [-0.4, -0.2) is 23.5 Å². The predicted molar refractivity (Wildman–Crippen MR) is 91.8 cm³/mol. The minimum atomic E-state index is -4.71. The van der Waals surface area contributed by atoms with E-state index in [1.54, 1.807) is 13.8 Å². The summed E-state index contributed by atoms with van der Waals surface area (Å²) in [7, 11) is 0. The maximum absolute atomic E-state index is 12.1. The molecule has 130 valence electrons. The summed E-state index contributed by atoms with van der Waals surface area (Å²) in [5.74, 6) is -0.290. The molecule has 0 saturated carbocycles. The third-order valence-electron chi connectivity index (χ3n) is 3.13. The molecular formula is C17H20F3N3O. The molecule has 0 unspecified atom stereocenters. The Bertz CT molecular complexity index is 671. The summed E-state index contributed by atoms with van der Waals surface area (Å²) in [6.07, 6.45) is -3.90. The quantitative estimate of drug-likeness (QED) is 0.515. The molecule has 1 aromatic carbocycles. The average Bonchev–Trinajstić information content (AvgIpc) is 2.51. The number of hydrogen-bond acceptors (Lipinski definition) is 4. The lowest BCUT2D eigenvalue weighted by molar-refractivity contribution is -0.274. The summed E-state index contributed by atoms with van der Waals surface area (Å²) in [6.45, 7) is 11.2. The first-order chi connectivity index (χ1) is 11.1. The number of benzene rings is 1. The molecule has 0 saturated heterocycles. The molecule has 0 heterocycles. The van der Waals surface area contributed by atoms with Gasteiger partial charge in [0.05, 0.1) is 17.1 Å². The second-order valence-electron chi connectivity index (χ2n) is 5.09. The van der Waals surface area contributed by atoms with Gasteiger partial charge in [0.2, 0.25) is 0 Å². The van der Waals surface area contributed by atoms with Gasteiger partial charge in [-0.3, -0.25) is 4.99 Å². The van der Waals surface area contributed by atoms with Crippen LogP contribution >= 0.6 is 0 Å². The van der Waals surface area contributed by atoms with Crippen molar-refractivity contribution in [3.63, 3.8) is 0 Å². The summed E-state index contributed by atoms with van der Waals surface area (Å²) in [4.78, 5) is 4.31. The van der Waals surface area contributed by atoms with Gasteiger partial charge in [-0.05, 0) is 57.0 Å². The molecular weight excluding hydrogens is 319 g/mol. The standard InChI is InChI=1S/C17H20F3N3O/c1-6-11(2)22-23-13(4)12(3)21-14(5)15-7-9-16(10-8-15)24-17(18,19)20/h7-10H,5-6H2,1-4H3/b21-12?,22-11+,23-13-. The number of rotatable bonds is 6. The second kappa shape index (κ2) is 8.42. The first kappa shape index (κ1) is 19.6. The zero-order valence-electron chi connectivity index (χ0n) is 14.1. The van der Waals surface area contributed by atoms with Crippen LogP contribution in [0.25, 0.3) is 5.70 Å². The van der Waals surface area contributed by atoms with E-state index in [4.69, 9.17) is 0 Å². The fourth-order valence-electron chi connectivity index (χ4n) is 1.50. The minimum Gasteiger partial charge on any atom is -0.406 e. The van der Waals surface area contributed by atoms with Gasteiger partial charge in [-0.15, -0.1) is 13.2 Å². The maximum atomic E-state index is 12.1. The van der Waals surface area contributed by atoms with Gasteiger partial charge >= 0.3 is 6.36 Å². The fraction of sp³-hybridized carbons (Fsp3) is 0.353. The van der Waals surface area contributed by atoms with Gasteiger partial charge in [0.15, 0.2) is 0 Å². The molecule has 0 fully saturated rings. The Balaban J connectivity index is 2.86.